The summed E-state index contributed by atoms with van der Waals surface area (Å²) in [5, 5.41) is 0. The lowest BCUT2D eigenvalue weighted by Crippen LogP contribution is -2.16. The Morgan fingerprint density at radius 1 is 0.889 bits per heavy atom. The highest BCUT2D eigenvalue weighted by molar-refractivity contribution is 14.1. The molecule has 0 heterocycles. The van der Waals surface area contributed by atoms with Gasteiger partial charge in [-0.3, -0.25) is 9.59 Å². The molecule has 2 N–H and O–H groups in total. The van der Waals surface area contributed by atoms with E-state index in [4.69, 9.17) is 5.73 Å². The van der Waals surface area contributed by atoms with Crippen molar-refractivity contribution < 1.29 is 9.59 Å². The van der Waals surface area contributed by atoms with Crippen LogP contribution in [0.3, 0.4) is 0 Å². The summed E-state index contributed by atoms with van der Waals surface area (Å²) in [4.78, 5) is 23.6. The number of hydrogen-bond acceptors (Lipinski definition) is 2. The monoisotopic (exact) mass is 351 g/mol. The average Bonchev–Trinajstić information content (AvgIpc) is 2.39. The van der Waals surface area contributed by atoms with Crippen molar-refractivity contribution in [3.63, 3.8) is 0 Å². The van der Waals surface area contributed by atoms with Gasteiger partial charge in [-0.15, -0.1) is 0 Å². The van der Waals surface area contributed by atoms with Crippen LogP contribution in [0.15, 0.2) is 48.5 Å². The molecule has 2 rings (SSSR count). The van der Waals surface area contributed by atoms with Gasteiger partial charge in [0.25, 0.3) is 0 Å². The van der Waals surface area contributed by atoms with Crippen LogP contribution in [0.2, 0.25) is 0 Å². The zero-order valence-electron chi connectivity index (χ0n) is 9.39. The van der Waals surface area contributed by atoms with E-state index in [0.717, 1.165) is 3.57 Å². The van der Waals surface area contributed by atoms with Gasteiger partial charge in [-0.05, 0) is 52.9 Å². The Balaban J connectivity index is 2.46. The van der Waals surface area contributed by atoms with Crippen LogP contribution in [0.1, 0.15) is 26.3 Å². The molecule has 0 spiro atoms. The maximum Gasteiger partial charge on any atom is 0.249 e. The number of carbonyl (C=O) groups excluding carboxylic acids is 2. The normalized spacial score (nSPS) is 10.1. The number of hydrogen-bond donors (Lipinski definition) is 1. The molecular formula is C14H10INO2. The second kappa shape index (κ2) is 5.30. The maximum absolute atomic E-state index is 12.3. The van der Waals surface area contributed by atoms with E-state index >= 15 is 0 Å². The van der Waals surface area contributed by atoms with Gasteiger partial charge in [0.15, 0.2) is 5.78 Å². The van der Waals surface area contributed by atoms with Gasteiger partial charge in [0.2, 0.25) is 5.91 Å². The molecule has 18 heavy (non-hydrogen) atoms. The average molecular weight is 351 g/mol. The molecular weight excluding hydrogens is 341 g/mol. The molecule has 0 saturated carbocycles. The summed E-state index contributed by atoms with van der Waals surface area (Å²) < 4.78 is 1.05. The molecule has 0 aromatic heterocycles. The number of nitrogens with two attached hydrogens (primary N) is 1. The fourth-order valence-electron chi connectivity index (χ4n) is 1.65. The van der Waals surface area contributed by atoms with Crippen molar-refractivity contribution in [1.29, 1.82) is 0 Å². The first-order chi connectivity index (χ1) is 8.59. The standard InChI is InChI=1S/C14H10INO2/c15-10-7-5-9(6-8-10)13(17)11-3-1-2-4-12(11)14(16)18/h1-8H,(H2,16,18). The Morgan fingerprint density at radius 2 is 1.44 bits per heavy atom. The molecule has 0 fully saturated rings. The van der Waals surface area contributed by atoms with E-state index in [1.54, 1.807) is 36.4 Å². The lowest BCUT2D eigenvalue weighted by molar-refractivity contribution is 0.0981. The molecule has 0 saturated heterocycles. The Hall–Kier alpha value is -1.69. The van der Waals surface area contributed by atoms with Crippen molar-refractivity contribution in [3.8, 4) is 0 Å². The van der Waals surface area contributed by atoms with Gasteiger partial charge in [-0.1, -0.05) is 18.2 Å². The highest BCUT2D eigenvalue weighted by Crippen LogP contribution is 2.15. The second-order valence-corrected chi connectivity index (χ2v) is 4.99. The Morgan fingerprint density at radius 3 is 2.00 bits per heavy atom. The zero-order valence-corrected chi connectivity index (χ0v) is 11.5. The Bertz CT molecular complexity index is 605. The summed E-state index contributed by atoms with van der Waals surface area (Å²) in [6.45, 7) is 0. The smallest absolute Gasteiger partial charge is 0.249 e. The van der Waals surface area contributed by atoms with Crippen molar-refractivity contribution in [2.24, 2.45) is 5.73 Å². The maximum atomic E-state index is 12.3. The van der Waals surface area contributed by atoms with Crippen LogP contribution in [0.25, 0.3) is 0 Å². The second-order valence-electron chi connectivity index (χ2n) is 3.75. The fraction of sp³-hybridized carbons (Fsp3) is 0. The van der Waals surface area contributed by atoms with Crippen LogP contribution in [-0.4, -0.2) is 11.7 Å². The van der Waals surface area contributed by atoms with Crippen molar-refractivity contribution >= 4 is 34.3 Å². The molecule has 1 amide bonds. The number of primary amides is 1. The van der Waals surface area contributed by atoms with Gasteiger partial charge in [-0.2, -0.15) is 0 Å². The molecule has 0 aliphatic heterocycles. The third-order valence-corrected chi connectivity index (χ3v) is 3.26. The van der Waals surface area contributed by atoms with Gasteiger partial charge in [0.05, 0.1) is 5.56 Å². The summed E-state index contributed by atoms with van der Waals surface area (Å²) in [7, 11) is 0. The van der Waals surface area contributed by atoms with E-state index in [0.29, 0.717) is 11.1 Å². The van der Waals surface area contributed by atoms with E-state index < -0.39 is 5.91 Å². The largest absolute Gasteiger partial charge is 0.366 e. The van der Waals surface area contributed by atoms with E-state index in [1.807, 2.05) is 12.1 Å². The molecule has 0 aliphatic rings. The molecule has 0 radical (unpaired) electrons. The first kappa shape index (κ1) is 12.8. The number of benzene rings is 2. The molecule has 0 bridgehead atoms. The van der Waals surface area contributed by atoms with Crippen LogP contribution in [0.4, 0.5) is 0 Å². The zero-order chi connectivity index (χ0) is 13.1. The number of ketones is 1. The molecule has 0 atom stereocenters. The minimum Gasteiger partial charge on any atom is -0.366 e. The number of amides is 1. The van der Waals surface area contributed by atoms with Crippen LogP contribution in [0.5, 0.6) is 0 Å². The summed E-state index contributed by atoms with van der Waals surface area (Å²) >= 11 is 2.17. The number of rotatable bonds is 3. The third kappa shape index (κ3) is 2.59. The minimum atomic E-state index is -0.593. The van der Waals surface area contributed by atoms with Crippen LogP contribution < -0.4 is 5.73 Å². The third-order valence-electron chi connectivity index (χ3n) is 2.54. The number of halogens is 1. The highest BCUT2D eigenvalue weighted by atomic mass is 127. The highest BCUT2D eigenvalue weighted by Gasteiger charge is 2.15. The number of carbonyl (C=O) groups is 2. The predicted molar refractivity (Wildman–Crippen MR) is 77.6 cm³/mol. The lowest BCUT2D eigenvalue weighted by atomic mass is 9.98. The van der Waals surface area contributed by atoms with Gasteiger partial charge in [-0.25, -0.2) is 0 Å². The van der Waals surface area contributed by atoms with E-state index in [2.05, 4.69) is 22.6 Å². The molecule has 0 unspecified atom stereocenters. The Kier molecular flexibility index (Phi) is 3.76. The van der Waals surface area contributed by atoms with Crippen molar-refractivity contribution in [1.82, 2.24) is 0 Å². The van der Waals surface area contributed by atoms with E-state index in [1.165, 1.54) is 0 Å². The summed E-state index contributed by atoms with van der Waals surface area (Å²) in [5.74, 6) is -0.787. The Labute approximate surface area is 118 Å². The minimum absolute atomic E-state index is 0.194. The van der Waals surface area contributed by atoms with Crippen LogP contribution in [-0.2, 0) is 0 Å². The van der Waals surface area contributed by atoms with Crippen LogP contribution >= 0.6 is 22.6 Å². The van der Waals surface area contributed by atoms with Crippen molar-refractivity contribution in [2.45, 2.75) is 0 Å². The van der Waals surface area contributed by atoms with Gasteiger partial charge < -0.3 is 5.73 Å². The lowest BCUT2D eigenvalue weighted by Gasteiger charge is -2.05. The van der Waals surface area contributed by atoms with Gasteiger partial charge in [0, 0.05) is 14.7 Å². The first-order valence-corrected chi connectivity index (χ1v) is 6.36. The summed E-state index contributed by atoms with van der Waals surface area (Å²) in [5.41, 5.74) is 6.40. The van der Waals surface area contributed by atoms with E-state index in [9.17, 15) is 9.59 Å². The van der Waals surface area contributed by atoms with Gasteiger partial charge >= 0.3 is 0 Å². The molecule has 2 aromatic rings. The quantitative estimate of drug-likeness (QED) is 0.683. The van der Waals surface area contributed by atoms with E-state index in [-0.39, 0.29) is 11.3 Å². The molecule has 90 valence electrons. The van der Waals surface area contributed by atoms with Crippen molar-refractivity contribution in [3.05, 3.63) is 68.8 Å². The molecule has 3 nitrogen and oxygen atoms in total. The first-order valence-electron chi connectivity index (χ1n) is 5.28. The topological polar surface area (TPSA) is 60.2 Å². The SMILES string of the molecule is NC(=O)c1ccccc1C(=O)c1ccc(I)cc1. The van der Waals surface area contributed by atoms with Crippen molar-refractivity contribution in [2.75, 3.05) is 0 Å². The predicted octanol–water partition coefficient (Wildman–Crippen LogP) is 2.62. The summed E-state index contributed by atoms with van der Waals surface area (Å²) in [6, 6.07) is 13.7. The summed E-state index contributed by atoms with van der Waals surface area (Å²) in [6.07, 6.45) is 0. The molecule has 4 heteroatoms. The van der Waals surface area contributed by atoms with Crippen LogP contribution in [0, 0.1) is 3.57 Å². The van der Waals surface area contributed by atoms with Gasteiger partial charge in [0.1, 0.15) is 0 Å². The molecule has 2 aromatic carbocycles. The molecule has 0 aliphatic carbocycles. The fourth-order valence-corrected chi connectivity index (χ4v) is 2.01.